The van der Waals surface area contributed by atoms with Crippen LogP contribution in [-0.4, -0.2) is 6.54 Å². The molecule has 2 unspecified atom stereocenters. The molecule has 1 aromatic carbocycles. The van der Waals surface area contributed by atoms with E-state index in [1.165, 1.54) is 42.4 Å². The Labute approximate surface area is 125 Å². The predicted octanol–water partition coefficient (Wildman–Crippen LogP) is 5.17. The van der Waals surface area contributed by atoms with E-state index in [1.54, 1.807) is 0 Å². The van der Waals surface area contributed by atoms with Gasteiger partial charge in [-0.25, -0.2) is 0 Å². The lowest BCUT2D eigenvalue weighted by Crippen LogP contribution is -2.39. The van der Waals surface area contributed by atoms with E-state index in [2.05, 4.69) is 58.1 Å². The van der Waals surface area contributed by atoms with E-state index in [1.807, 2.05) is 0 Å². The molecule has 0 heterocycles. The van der Waals surface area contributed by atoms with Crippen LogP contribution >= 0.6 is 0 Å². The summed E-state index contributed by atoms with van der Waals surface area (Å²) in [5.41, 5.74) is 4.77. The second-order valence-corrected chi connectivity index (χ2v) is 7.24. The molecule has 1 aliphatic rings. The fourth-order valence-electron chi connectivity index (χ4n) is 4.00. The molecule has 1 heteroatoms. The van der Waals surface area contributed by atoms with Crippen LogP contribution in [0.25, 0.3) is 0 Å². The molecule has 1 aromatic rings. The van der Waals surface area contributed by atoms with Crippen LogP contribution in [0.1, 0.15) is 69.2 Å². The highest BCUT2D eigenvalue weighted by atomic mass is 14.9. The normalized spacial score (nSPS) is 23.6. The molecular formula is C19H31N. The van der Waals surface area contributed by atoms with Crippen LogP contribution in [0.15, 0.2) is 18.2 Å². The summed E-state index contributed by atoms with van der Waals surface area (Å²) in [6.45, 7) is 12.7. The second kappa shape index (κ2) is 6.30. The van der Waals surface area contributed by atoms with E-state index in [0.29, 0.717) is 11.5 Å². The van der Waals surface area contributed by atoms with E-state index >= 15 is 0 Å². The SMILES string of the molecule is CCNC(c1ccc(C)cc1C)C1CCCCC1(C)C. The zero-order valence-electron chi connectivity index (χ0n) is 13.9. The number of nitrogens with one attached hydrogen (secondary N) is 1. The van der Waals surface area contributed by atoms with Gasteiger partial charge in [0, 0.05) is 6.04 Å². The molecule has 0 saturated heterocycles. The molecule has 0 aromatic heterocycles. The lowest BCUT2D eigenvalue weighted by atomic mass is 9.64. The van der Waals surface area contributed by atoms with E-state index in [-0.39, 0.29) is 0 Å². The van der Waals surface area contributed by atoms with E-state index < -0.39 is 0 Å². The van der Waals surface area contributed by atoms with Gasteiger partial charge >= 0.3 is 0 Å². The Kier molecular flexibility index (Phi) is 4.90. The fraction of sp³-hybridized carbons (Fsp3) is 0.684. The molecule has 0 radical (unpaired) electrons. The Bertz CT molecular complexity index is 447. The van der Waals surface area contributed by atoms with Gasteiger partial charge in [-0.2, -0.15) is 0 Å². The van der Waals surface area contributed by atoms with Gasteiger partial charge in [0.25, 0.3) is 0 Å². The van der Waals surface area contributed by atoms with Gasteiger partial charge in [0.15, 0.2) is 0 Å². The van der Waals surface area contributed by atoms with E-state index in [9.17, 15) is 0 Å². The average molecular weight is 273 g/mol. The summed E-state index contributed by atoms with van der Waals surface area (Å²) in [6, 6.07) is 7.46. The van der Waals surface area contributed by atoms with Crippen molar-refractivity contribution in [1.29, 1.82) is 0 Å². The van der Waals surface area contributed by atoms with Crippen LogP contribution in [0, 0.1) is 25.2 Å². The summed E-state index contributed by atoms with van der Waals surface area (Å²) in [6.07, 6.45) is 5.51. The Morgan fingerprint density at radius 2 is 2.00 bits per heavy atom. The standard InChI is InChI=1S/C19H31N/c1-6-20-18(16-11-10-14(2)13-15(16)3)17-9-7-8-12-19(17,4)5/h10-11,13,17-18,20H,6-9,12H2,1-5H3. The largest absolute Gasteiger partial charge is 0.310 e. The monoisotopic (exact) mass is 273 g/mol. The van der Waals surface area contributed by atoms with Crippen molar-refractivity contribution in [3.05, 3.63) is 34.9 Å². The summed E-state index contributed by atoms with van der Waals surface area (Å²) in [7, 11) is 0. The van der Waals surface area contributed by atoms with Crippen LogP contribution in [0.3, 0.4) is 0 Å². The first kappa shape index (κ1) is 15.6. The summed E-state index contributed by atoms with van der Waals surface area (Å²) in [5, 5.41) is 3.78. The number of aryl methyl sites for hydroxylation is 2. The summed E-state index contributed by atoms with van der Waals surface area (Å²) in [5.74, 6) is 0.748. The van der Waals surface area contributed by atoms with Crippen molar-refractivity contribution in [2.75, 3.05) is 6.54 Å². The van der Waals surface area contributed by atoms with Crippen LogP contribution in [0.4, 0.5) is 0 Å². The minimum atomic E-state index is 0.447. The molecule has 0 aliphatic heterocycles. The molecule has 1 aliphatic carbocycles. The van der Waals surface area contributed by atoms with Crippen molar-refractivity contribution in [3.63, 3.8) is 0 Å². The van der Waals surface area contributed by atoms with Gasteiger partial charge in [0.05, 0.1) is 0 Å². The molecule has 20 heavy (non-hydrogen) atoms. The summed E-state index contributed by atoms with van der Waals surface area (Å²) >= 11 is 0. The first-order chi connectivity index (χ1) is 9.45. The fourth-order valence-corrected chi connectivity index (χ4v) is 4.00. The number of rotatable bonds is 4. The predicted molar refractivity (Wildman–Crippen MR) is 88.1 cm³/mol. The van der Waals surface area contributed by atoms with E-state index in [4.69, 9.17) is 0 Å². The highest BCUT2D eigenvalue weighted by molar-refractivity contribution is 5.33. The van der Waals surface area contributed by atoms with Gasteiger partial charge in [-0.15, -0.1) is 0 Å². The first-order valence-corrected chi connectivity index (χ1v) is 8.26. The Balaban J connectivity index is 2.34. The third kappa shape index (κ3) is 3.25. The van der Waals surface area contributed by atoms with Gasteiger partial charge in [-0.1, -0.05) is 57.4 Å². The first-order valence-electron chi connectivity index (χ1n) is 8.26. The third-order valence-corrected chi connectivity index (χ3v) is 5.18. The number of hydrogen-bond acceptors (Lipinski definition) is 1. The van der Waals surface area contributed by atoms with Gasteiger partial charge in [0.2, 0.25) is 0 Å². The number of benzene rings is 1. The minimum Gasteiger partial charge on any atom is -0.310 e. The number of hydrogen-bond donors (Lipinski definition) is 1. The smallest absolute Gasteiger partial charge is 0.0356 e. The minimum absolute atomic E-state index is 0.447. The molecule has 1 saturated carbocycles. The Hall–Kier alpha value is -0.820. The van der Waals surface area contributed by atoms with Crippen LogP contribution < -0.4 is 5.32 Å². The summed E-state index contributed by atoms with van der Waals surface area (Å²) in [4.78, 5) is 0. The van der Waals surface area contributed by atoms with Crippen molar-refractivity contribution in [2.24, 2.45) is 11.3 Å². The average Bonchev–Trinajstić information content (AvgIpc) is 2.37. The maximum atomic E-state index is 3.78. The van der Waals surface area contributed by atoms with Gasteiger partial charge < -0.3 is 5.32 Å². The maximum absolute atomic E-state index is 3.78. The molecule has 2 rings (SSSR count). The van der Waals surface area contributed by atoms with Crippen LogP contribution in [0.2, 0.25) is 0 Å². The highest BCUT2D eigenvalue weighted by Crippen LogP contribution is 2.47. The van der Waals surface area contributed by atoms with Crippen LogP contribution in [0.5, 0.6) is 0 Å². The van der Waals surface area contributed by atoms with Gasteiger partial charge in [-0.05, 0) is 55.7 Å². The maximum Gasteiger partial charge on any atom is 0.0356 e. The molecule has 0 bridgehead atoms. The Morgan fingerprint density at radius 3 is 2.60 bits per heavy atom. The highest BCUT2D eigenvalue weighted by Gasteiger charge is 2.38. The molecule has 1 nitrogen and oxygen atoms in total. The van der Waals surface area contributed by atoms with Crippen molar-refractivity contribution >= 4 is 0 Å². The topological polar surface area (TPSA) is 12.0 Å². The van der Waals surface area contributed by atoms with Gasteiger partial charge in [0.1, 0.15) is 0 Å². The van der Waals surface area contributed by atoms with Crippen LogP contribution in [-0.2, 0) is 0 Å². The zero-order chi connectivity index (χ0) is 14.8. The van der Waals surface area contributed by atoms with Crippen molar-refractivity contribution < 1.29 is 0 Å². The zero-order valence-corrected chi connectivity index (χ0v) is 13.9. The van der Waals surface area contributed by atoms with Crippen molar-refractivity contribution in [2.45, 2.75) is 66.3 Å². The second-order valence-electron chi connectivity index (χ2n) is 7.24. The quantitative estimate of drug-likeness (QED) is 0.798. The Morgan fingerprint density at radius 1 is 1.25 bits per heavy atom. The molecule has 2 atom stereocenters. The molecule has 0 spiro atoms. The molecule has 112 valence electrons. The lowest BCUT2D eigenvalue weighted by molar-refractivity contribution is 0.0986. The molecule has 1 fully saturated rings. The molecule has 1 N–H and O–H groups in total. The van der Waals surface area contributed by atoms with E-state index in [0.717, 1.165) is 12.5 Å². The molecule has 0 amide bonds. The molecular weight excluding hydrogens is 242 g/mol. The lowest BCUT2D eigenvalue weighted by Gasteiger charge is -2.44. The third-order valence-electron chi connectivity index (χ3n) is 5.18. The van der Waals surface area contributed by atoms with Crippen molar-refractivity contribution in [3.8, 4) is 0 Å². The summed E-state index contributed by atoms with van der Waals surface area (Å²) < 4.78 is 0. The van der Waals surface area contributed by atoms with Gasteiger partial charge in [-0.3, -0.25) is 0 Å². The van der Waals surface area contributed by atoms with Crippen molar-refractivity contribution in [1.82, 2.24) is 5.32 Å².